The molecule has 1 atom stereocenters. The van der Waals surface area contributed by atoms with Crippen molar-refractivity contribution >= 4 is 0 Å². The Morgan fingerprint density at radius 1 is 1.47 bits per heavy atom. The van der Waals surface area contributed by atoms with E-state index in [9.17, 15) is 0 Å². The molecule has 0 amide bonds. The summed E-state index contributed by atoms with van der Waals surface area (Å²) < 4.78 is 11.5. The maximum absolute atomic E-state index is 5.82. The Hall–Kier alpha value is -1.20. The number of hydrogen-bond donors (Lipinski definition) is 0. The fourth-order valence-electron chi connectivity index (χ4n) is 2.02. The molecule has 0 N–H and O–H groups in total. The lowest BCUT2D eigenvalue weighted by Gasteiger charge is -2.31. The van der Waals surface area contributed by atoms with Crippen molar-refractivity contribution in [2.24, 2.45) is 0 Å². The number of allylic oxidation sites excluding steroid dienone is 2. The average Bonchev–Trinajstić information content (AvgIpc) is 2.73. The summed E-state index contributed by atoms with van der Waals surface area (Å²) >= 11 is 0. The second kappa shape index (κ2) is 5.93. The van der Waals surface area contributed by atoms with Crippen LogP contribution < -0.4 is 0 Å². The molecule has 1 spiro atoms. The maximum Gasteiger partial charge on any atom is 0.230 e. The largest absolute Gasteiger partial charge is 0.458 e. The number of ether oxygens (including phenoxy) is 2. The van der Waals surface area contributed by atoms with E-state index in [-0.39, 0.29) is 0 Å². The third-order valence-corrected chi connectivity index (χ3v) is 3.03. The van der Waals surface area contributed by atoms with E-state index < -0.39 is 5.79 Å². The Bertz CT molecular complexity index is 362. The van der Waals surface area contributed by atoms with E-state index in [0.29, 0.717) is 0 Å². The first-order chi connectivity index (χ1) is 8.35. The van der Waals surface area contributed by atoms with Gasteiger partial charge in [0.05, 0.1) is 6.61 Å². The zero-order valence-electron chi connectivity index (χ0n) is 10.5. The molecule has 92 valence electrons. The minimum atomic E-state index is -0.477. The fourth-order valence-corrected chi connectivity index (χ4v) is 2.02. The van der Waals surface area contributed by atoms with Crippen LogP contribution in [0, 0.1) is 11.8 Å². The third-order valence-electron chi connectivity index (χ3n) is 3.03. The maximum atomic E-state index is 5.82. The van der Waals surface area contributed by atoms with Crippen LogP contribution in [0.15, 0.2) is 24.0 Å². The van der Waals surface area contributed by atoms with Gasteiger partial charge in [0.1, 0.15) is 5.76 Å². The highest BCUT2D eigenvalue weighted by Gasteiger charge is 2.36. The lowest BCUT2D eigenvalue weighted by molar-refractivity contribution is -0.191. The summed E-state index contributed by atoms with van der Waals surface area (Å²) in [6, 6.07) is 0. The Balaban J connectivity index is 1.86. The van der Waals surface area contributed by atoms with Gasteiger partial charge in [0, 0.05) is 18.9 Å². The van der Waals surface area contributed by atoms with Gasteiger partial charge in [-0.3, -0.25) is 0 Å². The molecular weight excluding hydrogens is 212 g/mol. The zero-order valence-corrected chi connectivity index (χ0v) is 10.5. The highest BCUT2D eigenvalue weighted by Crippen LogP contribution is 2.34. The zero-order chi connectivity index (χ0) is 12.0. The van der Waals surface area contributed by atoms with Crippen LogP contribution in [-0.2, 0) is 9.47 Å². The minimum Gasteiger partial charge on any atom is -0.458 e. The molecule has 0 saturated carbocycles. The van der Waals surface area contributed by atoms with E-state index in [1.54, 1.807) is 0 Å². The molecule has 2 aliphatic rings. The average molecular weight is 232 g/mol. The standard InChI is InChI=1S/C15H20O2/c1-2-3-4-5-6-9-14-10-12-15(17-14)11-7-8-13-16-15/h9-10,12H,2-4,7-8,11,13H2,1H3/b14-9-. The van der Waals surface area contributed by atoms with Crippen LogP contribution in [-0.4, -0.2) is 12.4 Å². The lowest BCUT2D eigenvalue weighted by Crippen LogP contribution is -2.34. The molecule has 0 aromatic heterocycles. The Morgan fingerprint density at radius 2 is 2.41 bits per heavy atom. The molecule has 0 aromatic rings. The van der Waals surface area contributed by atoms with Crippen molar-refractivity contribution < 1.29 is 9.47 Å². The molecule has 1 fully saturated rings. The van der Waals surface area contributed by atoms with Gasteiger partial charge in [0.2, 0.25) is 5.79 Å². The van der Waals surface area contributed by atoms with Gasteiger partial charge in [-0.2, -0.15) is 0 Å². The molecule has 2 aliphatic heterocycles. The van der Waals surface area contributed by atoms with Crippen molar-refractivity contribution in [3.8, 4) is 11.8 Å². The summed E-state index contributed by atoms with van der Waals surface area (Å²) in [6.07, 6.45) is 12.4. The van der Waals surface area contributed by atoms with Gasteiger partial charge in [0.25, 0.3) is 0 Å². The van der Waals surface area contributed by atoms with E-state index in [1.165, 1.54) is 19.3 Å². The monoisotopic (exact) mass is 232 g/mol. The summed E-state index contributed by atoms with van der Waals surface area (Å²) in [5.41, 5.74) is 0. The molecule has 2 heterocycles. The van der Waals surface area contributed by atoms with E-state index in [1.807, 2.05) is 18.2 Å². The van der Waals surface area contributed by atoms with Gasteiger partial charge in [-0.25, -0.2) is 0 Å². The van der Waals surface area contributed by atoms with Crippen LogP contribution in [0.4, 0.5) is 0 Å². The number of rotatable bonds is 2. The Morgan fingerprint density at radius 3 is 3.18 bits per heavy atom. The van der Waals surface area contributed by atoms with E-state index in [0.717, 1.165) is 31.6 Å². The Labute approximate surface area is 104 Å². The van der Waals surface area contributed by atoms with Crippen molar-refractivity contribution in [2.45, 2.75) is 51.2 Å². The molecular formula is C15H20O2. The summed E-state index contributed by atoms with van der Waals surface area (Å²) in [6.45, 7) is 2.97. The van der Waals surface area contributed by atoms with Crippen LogP contribution in [0.3, 0.4) is 0 Å². The summed E-state index contributed by atoms with van der Waals surface area (Å²) in [5, 5.41) is 0. The quantitative estimate of drug-likeness (QED) is 0.535. The highest BCUT2D eigenvalue weighted by molar-refractivity contribution is 5.30. The fraction of sp³-hybridized carbons (Fsp3) is 0.600. The Kier molecular flexibility index (Phi) is 4.28. The van der Waals surface area contributed by atoms with Crippen molar-refractivity contribution in [3.63, 3.8) is 0 Å². The second-order valence-electron chi connectivity index (χ2n) is 4.52. The lowest BCUT2D eigenvalue weighted by atomic mass is 10.1. The van der Waals surface area contributed by atoms with Crippen molar-refractivity contribution in [3.05, 3.63) is 24.0 Å². The van der Waals surface area contributed by atoms with E-state index >= 15 is 0 Å². The first-order valence-electron chi connectivity index (χ1n) is 6.55. The predicted molar refractivity (Wildman–Crippen MR) is 68.1 cm³/mol. The van der Waals surface area contributed by atoms with Crippen LogP contribution in [0.1, 0.15) is 45.4 Å². The molecule has 2 nitrogen and oxygen atoms in total. The second-order valence-corrected chi connectivity index (χ2v) is 4.52. The van der Waals surface area contributed by atoms with Crippen LogP contribution in [0.2, 0.25) is 0 Å². The molecule has 0 aliphatic carbocycles. The molecule has 0 bridgehead atoms. The number of hydrogen-bond acceptors (Lipinski definition) is 2. The highest BCUT2D eigenvalue weighted by atomic mass is 16.7. The molecule has 1 unspecified atom stereocenters. The van der Waals surface area contributed by atoms with E-state index in [4.69, 9.17) is 9.47 Å². The summed E-state index contributed by atoms with van der Waals surface area (Å²) in [7, 11) is 0. The first-order valence-corrected chi connectivity index (χ1v) is 6.55. The topological polar surface area (TPSA) is 18.5 Å². The van der Waals surface area contributed by atoms with Crippen LogP contribution in [0.25, 0.3) is 0 Å². The van der Waals surface area contributed by atoms with Gasteiger partial charge in [0.15, 0.2) is 0 Å². The van der Waals surface area contributed by atoms with Gasteiger partial charge in [-0.05, 0) is 31.4 Å². The molecule has 17 heavy (non-hydrogen) atoms. The summed E-state index contributed by atoms with van der Waals surface area (Å²) in [4.78, 5) is 0. The molecule has 0 aromatic carbocycles. The van der Waals surface area contributed by atoms with Crippen molar-refractivity contribution in [1.29, 1.82) is 0 Å². The molecule has 2 heteroatoms. The van der Waals surface area contributed by atoms with Crippen molar-refractivity contribution in [2.75, 3.05) is 6.61 Å². The van der Waals surface area contributed by atoms with Gasteiger partial charge in [-0.15, -0.1) is 0 Å². The SMILES string of the molecule is CCCCC#C/C=C1/C=CC2(CCCCO2)O1. The van der Waals surface area contributed by atoms with Crippen LogP contribution in [0.5, 0.6) is 0 Å². The van der Waals surface area contributed by atoms with Gasteiger partial charge >= 0.3 is 0 Å². The molecule has 1 saturated heterocycles. The first kappa shape index (κ1) is 12.3. The third kappa shape index (κ3) is 3.38. The van der Waals surface area contributed by atoms with E-state index in [2.05, 4.69) is 18.8 Å². The number of unbranched alkanes of at least 4 members (excludes halogenated alkanes) is 2. The molecule has 0 radical (unpaired) electrons. The normalized spacial score (nSPS) is 29.1. The predicted octanol–water partition coefficient (Wildman–Crippen LogP) is 3.55. The van der Waals surface area contributed by atoms with Crippen molar-refractivity contribution in [1.82, 2.24) is 0 Å². The summed E-state index contributed by atoms with van der Waals surface area (Å²) in [5.74, 6) is 6.52. The minimum absolute atomic E-state index is 0.477. The van der Waals surface area contributed by atoms with Crippen LogP contribution >= 0.6 is 0 Å². The smallest absolute Gasteiger partial charge is 0.230 e. The van der Waals surface area contributed by atoms with Gasteiger partial charge < -0.3 is 9.47 Å². The molecule has 2 rings (SSSR count). The van der Waals surface area contributed by atoms with Gasteiger partial charge in [-0.1, -0.05) is 25.2 Å².